The molecule has 12 heteroatoms. The molecule has 0 atom stereocenters. The molecule has 4 aromatic rings. The summed E-state index contributed by atoms with van der Waals surface area (Å²) in [5.41, 5.74) is 2.19. The summed E-state index contributed by atoms with van der Waals surface area (Å²) in [5.74, 6) is 0.281. The maximum Gasteiger partial charge on any atom is 0.411 e. The van der Waals surface area contributed by atoms with Crippen molar-refractivity contribution in [3.05, 3.63) is 65.4 Å². The number of nitrogens with zero attached hydrogens (tertiary/aromatic N) is 4. The van der Waals surface area contributed by atoms with Crippen LogP contribution in [0.1, 0.15) is 47.8 Å². The summed E-state index contributed by atoms with van der Waals surface area (Å²) in [6.45, 7) is 3.60. The van der Waals surface area contributed by atoms with E-state index in [1.165, 1.54) is 16.8 Å². The van der Waals surface area contributed by atoms with Crippen LogP contribution in [0.25, 0.3) is 17.0 Å². The van der Waals surface area contributed by atoms with Gasteiger partial charge in [-0.1, -0.05) is 23.4 Å². The molecule has 0 radical (unpaired) electrons. The molecule has 9 nitrogen and oxygen atoms in total. The molecule has 3 heterocycles. The maximum atomic E-state index is 13.1. The Hall–Kier alpha value is -3.77. The first kappa shape index (κ1) is 26.3. The van der Waals surface area contributed by atoms with Crippen LogP contribution in [0.3, 0.4) is 0 Å². The average molecular weight is 518 g/mol. The Labute approximate surface area is 210 Å². The van der Waals surface area contributed by atoms with Crippen LogP contribution in [0.4, 0.5) is 18.9 Å². The summed E-state index contributed by atoms with van der Waals surface area (Å²) in [6, 6.07) is 8.52. The standard InChI is InChI=1S/C25H26F3N5O4/c1-15-4-6-17(22-31-21(37-32-22)8-9-24(2,3)35)10-18(15)30-23(34)19-11-29-20-7-5-16(12-33(19)20)13-36-14-25(26,27)28/h4-7,10-12,35H,8-9,13-14H2,1-3H3,(H,30,34). The lowest BCUT2D eigenvalue weighted by atomic mass is 10.0. The van der Waals surface area contributed by atoms with Crippen molar-refractivity contribution in [3.8, 4) is 11.4 Å². The van der Waals surface area contributed by atoms with Crippen molar-refractivity contribution in [1.29, 1.82) is 0 Å². The second-order valence-electron chi connectivity index (χ2n) is 9.32. The minimum Gasteiger partial charge on any atom is -0.390 e. The van der Waals surface area contributed by atoms with E-state index in [4.69, 9.17) is 9.26 Å². The Kier molecular flexibility index (Phi) is 7.32. The number of hydrogen-bond donors (Lipinski definition) is 2. The van der Waals surface area contributed by atoms with Gasteiger partial charge in [0.15, 0.2) is 0 Å². The molecule has 0 aliphatic carbocycles. The SMILES string of the molecule is Cc1ccc(-c2noc(CCC(C)(C)O)n2)cc1NC(=O)c1cnc2ccc(COCC(F)(F)F)cn12. The van der Waals surface area contributed by atoms with Gasteiger partial charge in [-0.05, 0) is 50.5 Å². The van der Waals surface area contributed by atoms with Crippen LogP contribution >= 0.6 is 0 Å². The largest absolute Gasteiger partial charge is 0.411 e. The van der Waals surface area contributed by atoms with Gasteiger partial charge in [0.25, 0.3) is 5.91 Å². The number of pyridine rings is 1. The Morgan fingerprint density at radius 3 is 2.73 bits per heavy atom. The molecule has 1 aromatic carbocycles. The molecule has 0 spiro atoms. The molecular weight excluding hydrogens is 491 g/mol. The number of hydrogen-bond acceptors (Lipinski definition) is 7. The van der Waals surface area contributed by atoms with Crippen LogP contribution in [-0.4, -0.2) is 48.9 Å². The molecule has 0 aliphatic heterocycles. The Morgan fingerprint density at radius 1 is 1.22 bits per heavy atom. The number of anilines is 1. The molecule has 3 aromatic heterocycles. The van der Waals surface area contributed by atoms with E-state index in [1.807, 2.05) is 13.0 Å². The fourth-order valence-electron chi connectivity index (χ4n) is 3.53. The number of aromatic nitrogens is 4. The van der Waals surface area contributed by atoms with Gasteiger partial charge in [0.05, 0.1) is 18.4 Å². The summed E-state index contributed by atoms with van der Waals surface area (Å²) in [5, 5.41) is 16.7. The second-order valence-corrected chi connectivity index (χ2v) is 9.32. The van der Waals surface area contributed by atoms with Gasteiger partial charge >= 0.3 is 6.18 Å². The van der Waals surface area contributed by atoms with Crippen molar-refractivity contribution >= 4 is 17.2 Å². The molecule has 196 valence electrons. The first-order valence-corrected chi connectivity index (χ1v) is 11.5. The highest BCUT2D eigenvalue weighted by atomic mass is 19.4. The second kappa shape index (κ2) is 10.3. The molecule has 1 amide bonds. The van der Waals surface area contributed by atoms with E-state index < -0.39 is 24.3 Å². The quantitative estimate of drug-likeness (QED) is 0.330. The van der Waals surface area contributed by atoms with Crippen LogP contribution in [0, 0.1) is 6.92 Å². The summed E-state index contributed by atoms with van der Waals surface area (Å²) < 4.78 is 48.6. The van der Waals surface area contributed by atoms with Gasteiger partial charge in [-0.15, -0.1) is 0 Å². The molecule has 2 N–H and O–H groups in total. The van der Waals surface area contributed by atoms with Gasteiger partial charge in [-0.2, -0.15) is 18.2 Å². The summed E-state index contributed by atoms with van der Waals surface area (Å²) in [4.78, 5) is 21.7. The van der Waals surface area contributed by atoms with Gasteiger partial charge in [0.1, 0.15) is 17.9 Å². The van der Waals surface area contributed by atoms with Gasteiger partial charge in [0, 0.05) is 23.9 Å². The Balaban J connectivity index is 1.50. The number of amides is 1. The van der Waals surface area contributed by atoms with Gasteiger partial charge in [0.2, 0.25) is 11.7 Å². The van der Waals surface area contributed by atoms with Crippen molar-refractivity contribution in [1.82, 2.24) is 19.5 Å². The number of benzene rings is 1. The van der Waals surface area contributed by atoms with Crippen molar-refractivity contribution in [2.45, 2.75) is 52.0 Å². The third-order valence-electron chi connectivity index (χ3n) is 5.50. The lowest BCUT2D eigenvalue weighted by Crippen LogP contribution is -2.19. The van der Waals surface area contributed by atoms with E-state index in [1.54, 1.807) is 38.1 Å². The molecule has 0 fully saturated rings. The fraction of sp³-hybridized carbons (Fsp3) is 0.360. The lowest BCUT2D eigenvalue weighted by Gasteiger charge is -2.14. The molecule has 0 bridgehead atoms. The van der Waals surface area contributed by atoms with E-state index in [9.17, 15) is 23.1 Å². The Bertz CT molecular complexity index is 1410. The first-order chi connectivity index (χ1) is 17.4. The number of fused-ring (bicyclic) bond motifs is 1. The van der Waals surface area contributed by atoms with Gasteiger partial charge < -0.3 is 19.7 Å². The fourth-order valence-corrected chi connectivity index (χ4v) is 3.53. The van der Waals surface area contributed by atoms with E-state index in [0.29, 0.717) is 47.0 Å². The molecule has 0 aliphatic rings. The molecule has 0 saturated carbocycles. The number of imidazole rings is 1. The van der Waals surface area contributed by atoms with Gasteiger partial charge in [-0.25, -0.2) is 4.98 Å². The molecule has 0 unspecified atom stereocenters. The highest BCUT2D eigenvalue weighted by molar-refractivity contribution is 6.04. The zero-order valence-corrected chi connectivity index (χ0v) is 20.5. The number of rotatable bonds is 9. The number of aliphatic hydroxyl groups is 1. The molecular formula is C25H26F3N5O4. The zero-order chi connectivity index (χ0) is 26.8. The zero-order valence-electron chi connectivity index (χ0n) is 20.5. The minimum absolute atomic E-state index is 0.200. The molecule has 37 heavy (non-hydrogen) atoms. The normalized spacial score (nSPS) is 12.3. The van der Waals surface area contributed by atoms with E-state index in [-0.39, 0.29) is 12.3 Å². The van der Waals surface area contributed by atoms with Gasteiger partial charge in [-0.3, -0.25) is 9.20 Å². The lowest BCUT2D eigenvalue weighted by molar-refractivity contribution is -0.176. The van der Waals surface area contributed by atoms with Crippen LogP contribution < -0.4 is 5.32 Å². The predicted molar refractivity (Wildman–Crippen MR) is 128 cm³/mol. The van der Waals surface area contributed by atoms with Crippen LogP contribution in [0.5, 0.6) is 0 Å². The summed E-state index contributed by atoms with van der Waals surface area (Å²) in [7, 11) is 0. The molecule has 4 rings (SSSR count). The number of alkyl halides is 3. The topological polar surface area (TPSA) is 115 Å². The van der Waals surface area contributed by atoms with Crippen LogP contribution in [0.2, 0.25) is 0 Å². The number of nitrogens with one attached hydrogen (secondary N) is 1. The van der Waals surface area contributed by atoms with Crippen molar-refractivity contribution in [2.24, 2.45) is 0 Å². The summed E-state index contributed by atoms with van der Waals surface area (Å²) in [6.07, 6.45) is -0.636. The number of ether oxygens (including phenoxy) is 1. The minimum atomic E-state index is -4.42. The third-order valence-corrected chi connectivity index (χ3v) is 5.50. The summed E-state index contributed by atoms with van der Waals surface area (Å²) >= 11 is 0. The van der Waals surface area contributed by atoms with Crippen molar-refractivity contribution in [3.63, 3.8) is 0 Å². The number of aryl methyl sites for hydroxylation is 2. The predicted octanol–water partition coefficient (Wildman–Crippen LogP) is 4.73. The molecule has 0 saturated heterocycles. The Morgan fingerprint density at radius 2 is 2.00 bits per heavy atom. The number of carbonyl (C=O) groups excluding carboxylic acids is 1. The average Bonchev–Trinajstić information content (AvgIpc) is 3.45. The van der Waals surface area contributed by atoms with Crippen molar-refractivity contribution < 1.29 is 32.3 Å². The van der Waals surface area contributed by atoms with Crippen LogP contribution in [0.15, 0.2) is 47.2 Å². The van der Waals surface area contributed by atoms with E-state index in [0.717, 1.165) is 5.56 Å². The van der Waals surface area contributed by atoms with Crippen LogP contribution in [-0.2, 0) is 17.8 Å². The third kappa shape index (κ3) is 6.92. The highest BCUT2D eigenvalue weighted by Gasteiger charge is 2.27. The maximum absolute atomic E-state index is 13.1. The first-order valence-electron chi connectivity index (χ1n) is 11.5. The van der Waals surface area contributed by atoms with Crippen molar-refractivity contribution in [2.75, 3.05) is 11.9 Å². The smallest absolute Gasteiger partial charge is 0.390 e. The highest BCUT2D eigenvalue weighted by Crippen LogP contribution is 2.25. The van der Waals surface area contributed by atoms with E-state index >= 15 is 0 Å². The van der Waals surface area contributed by atoms with E-state index in [2.05, 4.69) is 20.4 Å². The number of halogens is 3. The monoisotopic (exact) mass is 517 g/mol. The number of carbonyl (C=O) groups is 1.